The summed E-state index contributed by atoms with van der Waals surface area (Å²) in [4.78, 5) is 18.3. The van der Waals surface area contributed by atoms with Crippen LogP contribution >= 0.6 is 11.3 Å². The number of carbonyl (C=O) groups excluding carboxylic acids is 1. The van der Waals surface area contributed by atoms with Gasteiger partial charge in [-0.15, -0.1) is 11.3 Å². The molecule has 2 saturated heterocycles. The number of hydrogen-bond donors (Lipinski definition) is 0. The summed E-state index contributed by atoms with van der Waals surface area (Å²) in [5.41, 5.74) is 0.471. The van der Waals surface area contributed by atoms with Crippen molar-refractivity contribution in [1.82, 2.24) is 14.2 Å². The Balaban J connectivity index is 1.76. The third-order valence-electron chi connectivity index (χ3n) is 4.05. The van der Waals surface area contributed by atoms with E-state index < -0.39 is 10.0 Å². The van der Waals surface area contributed by atoms with Gasteiger partial charge in [0.1, 0.15) is 5.69 Å². The first-order valence-corrected chi connectivity index (χ1v) is 9.27. The number of hydrogen-bond acceptors (Lipinski definition) is 5. The number of sulfonamides is 1. The van der Waals surface area contributed by atoms with Crippen LogP contribution in [0.3, 0.4) is 0 Å². The van der Waals surface area contributed by atoms with Crippen LogP contribution in [0.4, 0.5) is 0 Å². The van der Waals surface area contributed by atoms with Gasteiger partial charge in [-0.3, -0.25) is 4.79 Å². The fourth-order valence-electron chi connectivity index (χ4n) is 3.12. The second-order valence-electron chi connectivity index (χ2n) is 5.45. The van der Waals surface area contributed by atoms with Crippen molar-refractivity contribution in [2.45, 2.75) is 19.4 Å². The number of amides is 1. The van der Waals surface area contributed by atoms with Crippen LogP contribution in [0.2, 0.25) is 0 Å². The van der Waals surface area contributed by atoms with E-state index in [1.807, 2.05) is 6.92 Å². The van der Waals surface area contributed by atoms with Crippen molar-refractivity contribution in [3.63, 3.8) is 0 Å². The van der Waals surface area contributed by atoms with E-state index in [1.165, 1.54) is 21.9 Å². The zero-order valence-electron chi connectivity index (χ0n) is 11.4. The molecule has 1 aromatic rings. The van der Waals surface area contributed by atoms with E-state index in [9.17, 15) is 13.2 Å². The van der Waals surface area contributed by atoms with E-state index in [2.05, 4.69) is 4.98 Å². The molecule has 0 aromatic carbocycles. The van der Waals surface area contributed by atoms with Crippen molar-refractivity contribution < 1.29 is 13.2 Å². The van der Waals surface area contributed by atoms with Crippen LogP contribution in [-0.2, 0) is 10.0 Å². The lowest BCUT2D eigenvalue weighted by molar-refractivity contribution is 0.0773. The molecule has 0 aliphatic carbocycles. The molecule has 2 aliphatic rings. The van der Waals surface area contributed by atoms with Gasteiger partial charge in [-0.1, -0.05) is 0 Å². The monoisotopic (exact) mass is 315 g/mol. The maximum atomic E-state index is 12.3. The SMILES string of the molecule is Cc1nc(C(=O)N2C[C@H]3CCN(S(C)(=O)=O)[C@H]3C2)cs1. The first-order chi connectivity index (χ1) is 9.36. The summed E-state index contributed by atoms with van der Waals surface area (Å²) >= 11 is 1.45. The van der Waals surface area contributed by atoms with Crippen LogP contribution in [0.1, 0.15) is 21.9 Å². The zero-order chi connectivity index (χ0) is 14.5. The van der Waals surface area contributed by atoms with E-state index in [-0.39, 0.29) is 17.9 Å². The summed E-state index contributed by atoms with van der Waals surface area (Å²) < 4.78 is 25.0. The fourth-order valence-corrected chi connectivity index (χ4v) is 4.88. The lowest BCUT2D eigenvalue weighted by Crippen LogP contribution is -2.40. The van der Waals surface area contributed by atoms with Crippen LogP contribution < -0.4 is 0 Å². The molecule has 110 valence electrons. The van der Waals surface area contributed by atoms with Gasteiger partial charge in [0.05, 0.1) is 11.3 Å². The molecule has 0 N–H and O–H groups in total. The van der Waals surface area contributed by atoms with E-state index in [0.29, 0.717) is 25.3 Å². The molecule has 1 aromatic heterocycles. The predicted molar refractivity (Wildman–Crippen MR) is 76.2 cm³/mol. The highest BCUT2D eigenvalue weighted by Crippen LogP contribution is 2.33. The lowest BCUT2D eigenvalue weighted by Gasteiger charge is -2.22. The number of fused-ring (bicyclic) bond motifs is 1. The maximum absolute atomic E-state index is 12.3. The Morgan fingerprint density at radius 2 is 2.20 bits per heavy atom. The Kier molecular flexibility index (Phi) is 3.34. The van der Waals surface area contributed by atoms with Gasteiger partial charge >= 0.3 is 0 Å². The molecule has 2 atom stereocenters. The average Bonchev–Trinajstić information content (AvgIpc) is 2.99. The quantitative estimate of drug-likeness (QED) is 0.799. The Bertz CT molecular complexity index is 640. The molecule has 3 heterocycles. The van der Waals surface area contributed by atoms with Crippen molar-refractivity contribution in [2.75, 3.05) is 25.9 Å². The highest BCUT2D eigenvalue weighted by atomic mass is 32.2. The summed E-state index contributed by atoms with van der Waals surface area (Å²) in [6.45, 7) is 3.55. The predicted octanol–water partition coefficient (Wildman–Crippen LogP) is 0.557. The van der Waals surface area contributed by atoms with E-state index >= 15 is 0 Å². The Morgan fingerprint density at radius 3 is 2.80 bits per heavy atom. The van der Waals surface area contributed by atoms with Crippen molar-refractivity contribution in [3.05, 3.63) is 16.1 Å². The van der Waals surface area contributed by atoms with Crippen molar-refractivity contribution in [2.24, 2.45) is 5.92 Å². The summed E-state index contributed by atoms with van der Waals surface area (Å²) in [6, 6.07) is -0.0614. The molecule has 2 aliphatic heterocycles. The molecular formula is C12H17N3O3S2. The van der Waals surface area contributed by atoms with E-state index in [0.717, 1.165) is 11.4 Å². The van der Waals surface area contributed by atoms with Crippen molar-refractivity contribution >= 4 is 27.3 Å². The minimum Gasteiger partial charge on any atom is -0.335 e. The standard InChI is InChI=1S/C12H17N3O3S2/c1-8-13-10(7-19-8)12(16)14-5-9-3-4-15(11(9)6-14)20(2,17)18/h7,9,11H,3-6H2,1-2H3/t9-,11+/m1/s1. The van der Waals surface area contributed by atoms with Gasteiger partial charge < -0.3 is 4.90 Å². The Hall–Kier alpha value is -0.990. The smallest absolute Gasteiger partial charge is 0.273 e. The molecule has 0 bridgehead atoms. The lowest BCUT2D eigenvalue weighted by atomic mass is 10.1. The normalized spacial score (nSPS) is 27.0. The molecule has 0 saturated carbocycles. The molecule has 6 nitrogen and oxygen atoms in total. The molecule has 0 spiro atoms. The molecule has 3 rings (SSSR count). The average molecular weight is 315 g/mol. The first-order valence-electron chi connectivity index (χ1n) is 6.54. The summed E-state index contributed by atoms with van der Waals surface area (Å²) in [5, 5.41) is 2.63. The molecule has 1 amide bonds. The third kappa shape index (κ3) is 2.36. The van der Waals surface area contributed by atoms with Crippen LogP contribution in [-0.4, -0.2) is 60.4 Å². The first kappa shape index (κ1) is 14.0. The Morgan fingerprint density at radius 1 is 1.45 bits per heavy atom. The number of aryl methyl sites for hydroxylation is 1. The van der Waals surface area contributed by atoms with E-state index in [4.69, 9.17) is 0 Å². The molecule has 0 radical (unpaired) electrons. The highest BCUT2D eigenvalue weighted by Gasteiger charge is 2.46. The molecule has 8 heteroatoms. The maximum Gasteiger partial charge on any atom is 0.273 e. The number of likely N-dealkylation sites (tertiary alicyclic amines) is 1. The zero-order valence-corrected chi connectivity index (χ0v) is 13.1. The van der Waals surface area contributed by atoms with Gasteiger partial charge in [0.2, 0.25) is 10.0 Å². The topological polar surface area (TPSA) is 70.6 Å². The molecule has 2 fully saturated rings. The Labute approximate surface area is 122 Å². The third-order valence-corrected chi connectivity index (χ3v) is 6.13. The summed E-state index contributed by atoms with van der Waals surface area (Å²) in [7, 11) is -3.18. The fraction of sp³-hybridized carbons (Fsp3) is 0.667. The van der Waals surface area contributed by atoms with Crippen LogP contribution in [0.25, 0.3) is 0 Å². The van der Waals surface area contributed by atoms with Crippen LogP contribution in [0.5, 0.6) is 0 Å². The van der Waals surface area contributed by atoms with Gasteiger partial charge in [0.25, 0.3) is 5.91 Å². The second-order valence-corrected chi connectivity index (χ2v) is 8.45. The van der Waals surface area contributed by atoms with E-state index in [1.54, 1.807) is 10.3 Å². The van der Waals surface area contributed by atoms with Gasteiger partial charge in [-0.25, -0.2) is 13.4 Å². The molecular weight excluding hydrogens is 298 g/mol. The van der Waals surface area contributed by atoms with Gasteiger partial charge in [0.15, 0.2) is 0 Å². The van der Waals surface area contributed by atoms with Gasteiger partial charge in [-0.05, 0) is 19.3 Å². The number of nitrogens with zero attached hydrogens (tertiary/aromatic N) is 3. The second kappa shape index (κ2) is 4.78. The van der Waals surface area contributed by atoms with Crippen molar-refractivity contribution in [1.29, 1.82) is 0 Å². The number of carbonyl (C=O) groups is 1. The van der Waals surface area contributed by atoms with Crippen LogP contribution in [0, 0.1) is 12.8 Å². The minimum absolute atomic E-state index is 0.0614. The molecule has 0 unspecified atom stereocenters. The largest absolute Gasteiger partial charge is 0.335 e. The minimum atomic E-state index is -3.18. The number of thiazole rings is 1. The van der Waals surface area contributed by atoms with Gasteiger partial charge in [0, 0.05) is 31.1 Å². The van der Waals surface area contributed by atoms with Crippen molar-refractivity contribution in [3.8, 4) is 0 Å². The van der Waals surface area contributed by atoms with Gasteiger partial charge in [-0.2, -0.15) is 4.31 Å². The highest BCUT2D eigenvalue weighted by molar-refractivity contribution is 7.88. The summed E-state index contributed by atoms with van der Waals surface area (Å²) in [6.07, 6.45) is 2.07. The molecule has 20 heavy (non-hydrogen) atoms. The summed E-state index contributed by atoms with van der Waals surface area (Å²) in [5.74, 6) is 0.172. The number of aromatic nitrogens is 1. The number of rotatable bonds is 2. The van der Waals surface area contributed by atoms with Crippen LogP contribution in [0.15, 0.2) is 5.38 Å².